The van der Waals surface area contributed by atoms with E-state index in [-0.39, 0.29) is 31.1 Å². The molecule has 0 fully saturated rings. The predicted molar refractivity (Wildman–Crippen MR) is 233 cm³/mol. The van der Waals surface area contributed by atoms with E-state index in [1.54, 1.807) is 0 Å². The van der Waals surface area contributed by atoms with Gasteiger partial charge in [0.15, 0.2) is 6.10 Å². The lowest BCUT2D eigenvalue weighted by atomic mass is 10.0. The van der Waals surface area contributed by atoms with Crippen molar-refractivity contribution < 1.29 is 28.6 Å². The first-order chi connectivity index (χ1) is 26.9. The second-order valence-electron chi connectivity index (χ2n) is 17.2. The lowest BCUT2D eigenvalue weighted by molar-refractivity contribution is -0.167. The maximum Gasteiger partial charge on any atom is 0.306 e. The van der Waals surface area contributed by atoms with Crippen LogP contribution < -0.4 is 0 Å². The fraction of sp³-hybridized carbons (Fsp3) is 0.939. The fourth-order valence-corrected chi connectivity index (χ4v) is 7.33. The van der Waals surface area contributed by atoms with Crippen LogP contribution in [0.1, 0.15) is 272 Å². The Morgan fingerprint density at radius 1 is 0.345 bits per heavy atom. The van der Waals surface area contributed by atoms with Crippen LogP contribution in [0.3, 0.4) is 0 Å². The van der Waals surface area contributed by atoms with E-state index in [1.165, 1.54) is 167 Å². The molecule has 0 bridgehead atoms. The highest BCUT2D eigenvalue weighted by Crippen LogP contribution is 2.17. The van der Waals surface area contributed by atoms with Gasteiger partial charge in [-0.1, -0.05) is 233 Å². The van der Waals surface area contributed by atoms with Gasteiger partial charge in [0.25, 0.3) is 0 Å². The van der Waals surface area contributed by atoms with E-state index in [0.717, 1.165) is 63.7 Å². The maximum atomic E-state index is 12.7. The number of hydrogen-bond donors (Lipinski definition) is 0. The molecule has 0 N–H and O–H groups in total. The zero-order valence-corrected chi connectivity index (χ0v) is 37.4. The smallest absolute Gasteiger partial charge is 0.306 e. The quantitative estimate of drug-likeness (QED) is 0.0348. The van der Waals surface area contributed by atoms with Gasteiger partial charge in [-0.25, -0.2) is 0 Å². The van der Waals surface area contributed by atoms with Gasteiger partial charge < -0.3 is 14.2 Å². The number of unbranched alkanes of at least 4 members (excludes halogenated alkanes) is 31. The summed E-state index contributed by atoms with van der Waals surface area (Å²) in [5, 5.41) is 0. The first-order valence-electron chi connectivity index (χ1n) is 24.4. The highest BCUT2D eigenvalue weighted by molar-refractivity contribution is 5.71. The SMILES string of the molecule is CCCCCCCCCCCCCCCCCCCCCC(=O)OC[C@H](COC(=O)CCCCCCCCC(C)C)OC(=O)CCCCCCCCCCC. The normalized spacial score (nSPS) is 11.9. The molecule has 0 heterocycles. The zero-order valence-electron chi connectivity index (χ0n) is 37.4. The second kappa shape index (κ2) is 43.5. The van der Waals surface area contributed by atoms with E-state index in [9.17, 15) is 14.4 Å². The maximum absolute atomic E-state index is 12.7. The fourth-order valence-electron chi connectivity index (χ4n) is 7.33. The Balaban J connectivity index is 4.17. The summed E-state index contributed by atoms with van der Waals surface area (Å²) in [6.07, 6.45) is 44.0. The van der Waals surface area contributed by atoms with E-state index in [0.29, 0.717) is 19.3 Å². The van der Waals surface area contributed by atoms with E-state index in [1.807, 2.05) is 0 Å². The van der Waals surface area contributed by atoms with E-state index < -0.39 is 6.10 Å². The molecule has 0 aliphatic rings. The van der Waals surface area contributed by atoms with Crippen molar-refractivity contribution >= 4 is 17.9 Å². The molecule has 0 spiro atoms. The second-order valence-corrected chi connectivity index (χ2v) is 17.2. The van der Waals surface area contributed by atoms with Gasteiger partial charge in [-0.2, -0.15) is 0 Å². The van der Waals surface area contributed by atoms with E-state index >= 15 is 0 Å². The monoisotopic (exact) mass is 779 g/mol. The van der Waals surface area contributed by atoms with E-state index in [2.05, 4.69) is 27.7 Å². The molecule has 0 saturated carbocycles. The molecular weight excluding hydrogens is 685 g/mol. The predicted octanol–water partition coefficient (Wildman–Crippen LogP) is 15.5. The summed E-state index contributed by atoms with van der Waals surface area (Å²) in [6, 6.07) is 0. The molecule has 0 aromatic heterocycles. The first-order valence-corrected chi connectivity index (χ1v) is 24.4. The number of esters is 3. The average Bonchev–Trinajstić information content (AvgIpc) is 3.17. The van der Waals surface area contributed by atoms with Crippen molar-refractivity contribution in [3.63, 3.8) is 0 Å². The molecule has 0 saturated heterocycles. The van der Waals surface area contributed by atoms with Crippen molar-refractivity contribution in [1.82, 2.24) is 0 Å². The number of hydrogen-bond acceptors (Lipinski definition) is 6. The molecule has 0 aromatic carbocycles. The van der Waals surface area contributed by atoms with Gasteiger partial charge in [0.05, 0.1) is 0 Å². The van der Waals surface area contributed by atoms with Crippen molar-refractivity contribution in [1.29, 1.82) is 0 Å². The highest BCUT2D eigenvalue weighted by atomic mass is 16.6. The molecule has 0 unspecified atom stereocenters. The number of carbonyl (C=O) groups is 3. The van der Waals surface area contributed by atoms with Gasteiger partial charge in [-0.05, 0) is 25.2 Å². The standard InChI is InChI=1S/C49H94O6/c1-5-7-9-11-13-15-16-17-18-19-20-21-22-23-24-26-27-32-36-40-47(50)53-43-46(55-49(52)42-38-34-28-25-14-12-10-8-6-2)44-54-48(51)41-37-33-30-29-31-35-39-45(3)4/h45-46H,5-44H2,1-4H3/t46-/m1/s1. The summed E-state index contributed by atoms with van der Waals surface area (Å²) in [4.78, 5) is 37.7. The minimum absolute atomic E-state index is 0.0644. The molecule has 0 rings (SSSR count). The molecule has 0 radical (unpaired) electrons. The van der Waals surface area contributed by atoms with Crippen LogP contribution >= 0.6 is 0 Å². The summed E-state index contributed by atoms with van der Waals surface area (Å²) in [6.45, 7) is 8.92. The third-order valence-corrected chi connectivity index (χ3v) is 11.0. The van der Waals surface area contributed by atoms with Crippen LogP contribution in [0.5, 0.6) is 0 Å². The number of carbonyl (C=O) groups excluding carboxylic acids is 3. The Bertz CT molecular complexity index is 826. The molecule has 1 atom stereocenters. The van der Waals surface area contributed by atoms with Gasteiger partial charge >= 0.3 is 17.9 Å². The molecule has 0 amide bonds. The van der Waals surface area contributed by atoms with Crippen molar-refractivity contribution in [2.45, 2.75) is 278 Å². The number of ether oxygens (including phenoxy) is 3. The molecular formula is C49H94O6. The Labute approximate surface area is 342 Å². The molecule has 6 heteroatoms. The molecule has 0 aliphatic carbocycles. The summed E-state index contributed by atoms with van der Waals surface area (Å²) in [5.41, 5.74) is 0. The minimum atomic E-state index is -0.759. The highest BCUT2D eigenvalue weighted by Gasteiger charge is 2.19. The molecule has 6 nitrogen and oxygen atoms in total. The zero-order chi connectivity index (χ0) is 40.3. The summed E-state index contributed by atoms with van der Waals surface area (Å²) in [7, 11) is 0. The largest absolute Gasteiger partial charge is 0.462 e. The van der Waals surface area contributed by atoms with Crippen LogP contribution in [0.15, 0.2) is 0 Å². The third-order valence-electron chi connectivity index (χ3n) is 11.0. The molecule has 55 heavy (non-hydrogen) atoms. The molecule has 326 valence electrons. The Kier molecular flexibility index (Phi) is 42.3. The van der Waals surface area contributed by atoms with E-state index in [4.69, 9.17) is 14.2 Å². The first kappa shape index (κ1) is 53.4. The van der Waals surface area contributed by atoms with Gasteiger partial charge in [-0.15, -0.1) is 0 Å². The Morgan fingerprint density at radius 2 is 0.600 bits per heavy atom. The summed E-state index contributed by atoms with van der Waals surface area (Å²) in [5.74, 6) is -0.0946. The topological polar surface area (TPSA) is 78.9 Å². The van der Waals surface area contributed by atoms with Crippen LogP contribution in [0.2, 0.25) is 0 Å². The van der Waals surface area contributed by atoms with Crippen molar-refractivity contribution in [2.24, 2.45) is 5.92 Å². The van der Waals surface area contributed by atoms with Gasteiger partial charge in [0.1, 0.15) is 13.2 Å². The van der Waals surface area contributed by atoms with Gasteiger partial charge in [0.2, 0.25) is 0 Å². The van der Waals surface area contributed by atoms with Gasteiger partial charge in [0, 0.05) is 19.3 Å². The number of rotatable bonds is 44. The minimum Gasteiger partial charge on any atom is -0.462 e. The summed E-state index contributed by atoms with van der Waals surface area (Å²) >= 11 is 0. The third kappa shape index (κ3) is 43.4. The lowest BCUT2D eigenvalue weighted by Crippen LogP contribution is -2.30. The van der Waals surface area contributed by atoms with Gasteiger partial charge in [-0.3, -0.25) is 14.4 Å². The van der Waals surface area contributed by atoms with Crippen LogP contribution in [0.4, 0.5) is 0 Å². The Hall–Kier alpha value is -1.59. The van der Waals surface area contributed by atoms with Crippen molar-refractivity contribution in [2.75, 3.05) is 13.2 Å². The molecule has 0 aromatic rings. The Morgan fingerprint density at radius 3 is 0.891 bits per heavy atom. The van der Waals surface area contributed by atoms with Crippen LogP contribution in [0.25, 0.3) is 0 Å². The lowest BCUT2D eigenvalue weighted by Gasteiger charge is -2.18. The summed E-state index contributed by atoms with van der Waals surface area (Å²) < 4.78 is 16.7. The van der Waals surface area contributed by atoms with Crippen LogP contribution in [-0.4, -0.2) is 37.2 Å². The average molecular weight is 779 g/mol. The van der Waals surface area contributed by atoms with Crippen LogP contribution in [-0.2, 0) is 28.6 Å². The van der Waals surface area contributed by atoms with Crippen molar-refractivity contribution in [3.8, 4) is 0 Å². The molecule has 0 aliphatic heterocycles. The van der Waals surface area contributed by atoms with Crippen molar-refractivity contribution in [3.05, 3.63) is 0 Å². The van der Waals surface area contributed by atoms with Crippen LogP contribution in [0, 0.1) is 5.92 Å².